The van der Waals surface area contributed by atoms with Crippen LogP contribution in [0.15, 0.2) is 30.5 Å². The summed E-state index contributed by atoms with van der Waals surface area (Å²) in [7, 11) is 1.59. The third-order valence-corrected chi connectivity index (χ3v) is 3.75. The second kappa shape index (κ2) is 6.54. The fourth-order valence-electron chi connectivity index (χ4n) is 2.51. The minimum absolute atomic E-state index is 0.0367. The highest BCUT2D eigenvalue weighted by Crippen LogP contribution is 2.31. The highest BCUT2D eigenvalue weighted by Gasteiger charge is 2.32. The number of rotatable bonds is 4. The molecule has 8 heteroatoms. The normalized spacial score (nSPS) is 16.9. The first-order valence-corrected chi connectivity index (χ1v) is 7.39. The van der Waals surface area contributed by atoms with Crippen molar-refractivity contribution in [3.05, 3.63) is 41.7 Å². The number of methoxy groups -OCH3 is 1. The number of halogens is 3. The lowest BCUT2D eigenvalue weighted by Crippen LogP contribution is -2.28. The first-order chi connectivity index (χ1) is 11.5. The van der Waals surface area contributed by atoms with Crippen LogP contribution < -0.4 is 14.8 Å². The number of ether oxygens (including phenoxy) is 2. The van der Waals surface area contributed by atoms with Gasteiger partial charge in [0.05, 0.1) is 13.7 Å². The number of anilines is 1. The molecule has 2 heterocycles. The highest BCUT2D eigenvalue weighted by atomic mass is 19.4. The zero-order chi connectivity index (χ0) is 17.2. The van der Waals surface area contributed by atoms with E-state index in [0.717, 1.165) is 35.7 Å². The van der Waals surface area contributed by atoms with Gasteiger partial charge in [-0.15, -0.1) is 0 Å². The molecule has 0 amide bonds. The van der Waals surface area contributed by atoms with E-state index in [2.05, 4.69) is 15.3 Å². The molecule has 0 fully saturated rings. The molecule has 0 saturated heterocycles. The second-order valence-corrected chi connectivity index (χ2v) is 5.50. The summed E-state index contributed by atoms with van der Waals surface area (Å²) in [6, 6.07) is 6.46. The average Bonchev–Trinajstić information content (AvgIpc) is 2.59. The highest BCUT2D eigenvalue weighted by molar-refractivity contribution is 5.42. The molecule has 24 heavy (non-hydrogen) atoms. The van der Waals surface area contributed by atoms with Crippen LogP contribution in [-0.2, 0) is 12.6 Å². The molecular weight excluding hydrogens is 323 g/mol. The van der Waals surface area contributed by atoms with Crippen LogP contribution in [0.1, 0.15) is 11.3 Å². The molecule has 1 N–H and O–H groups in total. The summed E-state index contributed by atoms with van der Waals surface area (Å²) in [6.45, 7) is 0.888. The van der Waals surface area contributed by atoms with E-state index in [4.69, 9.17) is 9.47 Å². The van der Waals surface area contributed by atoms with Gasteiger partial charge in [-0.05, 0) is 24.1 Å². The minimum atomic E-state index is -4.48. The van der Waals surface area contributed by atoms with Crippen LogP contribution in [0.25, 0.3) is 0 Å². The molecule has 1 aliphatic rings. The summed E-state index contributed by atoms with van der Waals surface area (Å²) in [6.07, 6.45) is -2.63. The maximum atomic E-state index is 12.6. The Morgan fingerprint density at radius 3 is 2.92 bits per heavy atom. The fourth-order valence-corrected chi connectivity index (χ4v) is 2.51. The molecule has 1 aromatic heterocycles. The predicted molar refractivity (Wildman–Crippen MR) is 81.2 cm³/mol. The van der Waals surface area contributed by atoms with E-state index >= 15 is 0 Å². The lowest BCUT2D eigenvalue weighted by Gasteiger charge is -2.25. The summed E-state index contributed by atoms with van der Waals surface area (Å²) in [5.41, 5.74) is 0.0798. The first-order valence-electron chi connectivity index (χ1n) is 7.39. The molecule has 0 spiro atoms. The Kier molecular flexibility index (Phi) is 4.46. The molecule has 0 radical (unpaired) electrons. The molecule has 5 nitrogen and oxygen atoms in total. The van der Waals surface area contributed by atoms with Crippen molar-refractivity contribution in [2.45, 2.75) is 12.6 Å². The summed E-state index contributed by atoms with van der Waals surface area (Å²) in [5, 5.41) is 2.85. The quantitative estimate of drug-likeness (QED) is 0.927. The Labute approximate surface area is 136 Å². The summed E-state index contributed by atoms with van der Waals surface area (Å²) in [4.78, 5) is 7.32. The van der Waals surface area contributed by atoms with E-state index in [1.165, 1.54) is 0 Å². The van der Waals surface area contributed by atoms with Crippen LogP contribution in [-0.4, -0.2) is 30.2 Å². The molecule has 128 valence electrons. The van der Waals surface area contributed by atoms with Crippen LogP contribution >= 0.6 is 0 Å². The van der Waals surface area contributed by atoms with Gasteiger partial charge in [0, 0.05) is 24.7 Å². The SMILES string of the molecule is COc1ccc2c(c1)OC[C@@H](CNc1nccc(C(F)(F)F)n1)C2. The van der Waals surface area contributed by atoms with Crippen LogP contribution in [0.5, 0.6) is 11.5 Å². The third kappa shape index (κ3) is 3.69. The number of nitrogens with zero attached hydrogens (tertiary/aromatic N) is 2. The second-order valence-electron chi connectivity index (χ2n) is 5.50. The number of nitrogens with one attached hydrogen (secondary N) is 1. The van der Waals surface area contributed by atoms with Gasteiger partial charge in [-0.25, -0.2) is 9.97 Å². The van der Waals surface area contributed by atoms with E-state index in [0.29, 0.717) is 13.2 Å². The summed E-state index contributed by atoms with van der Waals surface area (Å²) >= 11 is 0. The van der Waals surface area contributed by atoms with Crippen LogP contribution in [0.3, 0.4) is 0 Å². The lowest BCUT2D eigenvalue weighted by atomic mass is 9.96. The Hall–Kier alpha value is -2.51. The van der Waals surface area contributed by atoms with Gasteiger partial charge in [-0.3, -0.25) is 0 Å². The van der Waals surface area contributed by atoms with Gasteiger partial charge in [0.2, 0.25) is 5.95 Å². The Morgan fingerprint density at radius 2 is 2.17 bits per heavy atom. The zero-order valence-electron chi connectivity index (χ0n) is 12.9. The standard InChI is InChI=1S/C16H16F3N3O2/c1-23-12-3-2-11-6-10(9-24-13(11)7-12)8-21-15-20-5-4-14(22-15)16(17,18)19/h2-5,7,10H,6,8-9H2,1H3,(H,20,21,22)/t10-/m1/s1. The lowest BCUT2D eigenvalue weighted by molar-refractivity contribution is -0.141. The molecular formula is C16H16F3N3O2. The topological polar surface area (TPSA) is 56.3 Å². The molecule has 1 aliphatic heterocycles. The van der Waals surface area contributed by atoms with Crippen LogP contribution in [0.2, 0.25) is 0 Å². The van der Waals surface area contributed by atoms with Gasteiger partial charge in [-0.2, -0.15) is 13.2 Å². The largest absolute Gasteiger partial charge is 0.497 e. The van der Waals surface area contributed by atoms with Crippen molar-refractivity contribution in [2.75, 3.05) is 25.6 Å². The zero-order valence-corrected chi connectivity index (χ0v) is 12.9. The van der Waals surface area contributed by atoms with Gasteiger partial charge in [-0.1, -0.05) is 6.07 Å². The number of aromatic nitrogens is 2. The van der Waals surface area contributed by atoms with Gasteiger partial charge >= 0.3 is 6.18 Å². The van der Waals surface area contributed by atoms with E-state index in [1.54, 1.807) is 7.11 Å². The number of hydrogen-bond acceptors (Lipinski definition) is 5. The number of alkyl halides is 3. The molecule has 0 aliphatic carbocycles. The van der Waals surface area contributed by atoms with Crippen molar-refractivity contribution < 1.29 is 22.6 Å². The molecule has 2 aromatic rings. The number of hydrogen-bond donors (Lipinski definition) is 1. The van der Waals surface area contributed by atoms with Gasteiger partial charge in [0.1, 0.15) is 17.2 Å². The van der Waals surface area contributed by atoms with Crippen LogP contribution in [0, 0.1) is 5.92 Å². The average molecular weight is 339 g/mol. The first kappa shape index (κ1) is 16.4. The van der Waals surface area contributed by atoms with Gasteiger partial charge in [0.15, 0.2) is 0 Å². The van der Waals surface area contributed by atoms with E-state index < -0.39 is 11.9 Å². The van der Waals surface area contributed by atoms with Crippen molar-refractivity contribution in [3.63, 3.8) is 0 Å². The maximum absolute atomic E-state index is 12.6. The smallest absolute Gasteiger partial charge is 0.433 e. The van der Waals surface area contributed by atoms with Gasteiger partial charge in [0.25, 0.3) is 0 Å². The summed E-state index contributed by atoms with van der Waals surface area (Å²) < 4.78 is 48.8. The Morgan fingerprint density at radius 1 is 1.33 bits per heavy atom. The number of benzene rings is 1. The van der Waals surface area contributed by atoms with Crippen molar-refractivity contribution in [1.82, 2.24) is 9.97 Å². The van der Waals surface area contributed by atoms with E-state index in [-0.39, 0.29) is 11.9 Å². The fraction of sp³-hybridized carbons (Fsp3) is 0.375. The molecule has 1 aromatic carbocycles. The monoisotopic (exact) mass is 339 g/mol. The maximum Gasteiger partial charge on any atom is 0.433 e. The van der Waals surface area contributed by atoms with Crippen LogP contribution in [0.4, 0.5) is 19.1 Å². The van der Waals surface area contributed by atoms with Crippen molar-refractivity contribution in [3.8, 4) is 11.5 Å². The molecule has 3 rings (SSSR count). The van der Waals surface area contributed by atoms with Crippen molar-refractivity contribution >= 4 is 5.95 Å². The number of fused-ring (bicyclic) bond motifs is 1. The van der Waals surface area contributed by atoms with Gasteiger partial charge < -0.3 is 14.8 Å². The van der Waals surface area contributed by atoms with E-state index in [1.807, 2.05) is 18.2 Å². The van der Waals surface area contributed by atoms with E-state index in [9.17, 15) is 13.2 Å². The minimum Gasteiger partial charge on any atom is -0.497 e. The van der Waals surface area contributed by atoms with Crippen molar-refractivity contribution in [2.24, 2.45) is 5.92 Å². The summed E-state index contributed by atoms with van der Waals surface area (Å²) in [5.74, 6) is 1.58. The Bertz CT molecular complexity index is 722. The Balaban J connectivity index is 1.62. The van der Waals surface area contributed by atoms with Crippen molar-refractivity contribution in [1.29, 1.82) is 0 Å². The molecule has 0 bridgehead atoms. The predicted octanol–water partition coefficient (Wildman–Crippen LogP) is 3.17. The molecule has 0 unspecified atom stereocenters. The third-order valence-electron chi connectivity index (χ3n) is 3.75. The molecule has 1 atom stereocenters. The molecule has 0 saturated carbocycles.